The van der Waals surface area contributed by atoms with Crippen LogP contribution >= 0.6 is 0 Å². The molecule has 6 heteroatoms. The summed E-state index contributed by atoms with van der Waals surface area (Å²) in [5.41, 5.74) is -1.01. The van der Waals surface area contributed by atoms with Gasteiger partial charge in [0.1, 0.15) is 17.9 Å². The van der Waals surface area contributed by atoms with Crippen LogP contribution in [0.3, 0.4) is 0 Å². The smallest absolute Gasteiger partial charge is 0.410 e. The molecule has 6 nitrogen and oxygen atoms in total. The molecule has 122 valence electrons. The summed E-state index contributed by atoms with van der Waals surface area (Å²) in [5.74, 6) is -0.393. The minimum atomic E-state index is -0.732. The quantitative estimate of drug-likeness (QED) is 0.805. The number of aldehydes is 1. The van der Waals surface area contributed by atoms with E-state index in [0.717, 1.165) is 0 Å². The van der Waals surface area contributed by atoms with Crippen molar-refractivity contribution in [2.75, 3.05) is 7.05 Å². The van der Waals surface area contributed by atoms with Gasteiger partial charge < -0.3 is 14.8 Å². The second-order valence-corrected chi connectivity index (χ2v) is 7.26. The van der Waals surface area contributed by atoms with Crippen molar-refractivity contribution in [3.8, 4) is 0 Å². The number of ether oxygens (including phenoxy) is 1. The van der Waals surface area contributed by atoms with Crippen LogP contribution in [0, 0.1) is 5.41 Å². The average molecular weight is 300 g/mol. The predicted molar refractivity (Wildman–Crippen MR) is 80.9 cm³/mol. The van der Waals surface area contributed by atoms with Gasteiger partial charge in [-0.05, 0) is 33.1 Å². The van der Waals surface area contributed by atoms with Crippen molar-refractivity contribution in [3.05, 3.63) is 0 Å². The molecule has 2 amide bonds. The Morgan fingerprint density at radius 1 is 1.14 bits per heavy atom. The fraction of sp³-hybridized carbons (Fsp3) is 0.800. The van der Waals surface area contributed by atoms with Crippen molar-refractivity contribution in [2.45, 2.75) is 66.2 Å². The minimum absolute atomic E-state index is 0.387. The maximum atomic E-state index is 12.2. The first-order valence-corrected chi connectivity index (χ1v) is 7.01. The van der Waals surface area contributed by atoms with E-state index in [-0.39, 0.29) is 5.41 Å². The molecule has 0 radical (unpaired) electrons. The predicted octanol–water partition coefficient (Wildman–Crippen LogP) is 1.97. The van der Waals surface area contributed by atoms with Crippen molar-refractivity contribution in [1.82, 2.24) is 10.2 Å². The third-order valence-electron chi connectivity index (χ3n) is 3.01. The summed E-state index contributed by atoms with van der Waals surface area (Å²) in [7, 11) is 1.49. The SMILES string of the molecule is C[C@@H](C(=O)NC(C=O)C(C)(C)C)N(C)C(=O)OC(C)(C)C. The van der Waals surface area contributed by atoms with Gasteiger partial charge in [-0.1, -0.05) is 20.8 Å². The van der Waals surface area contributed by atoms with E-state index in [4.69, 9.17) is 4.74 Å². The molecule has 0 aliphatic carbocycles. The highest BCUT2D eigenvalue weighted by atomic mass is 16.6. The number of carbonyl (C=O) groups is 3. The fourth-order valence-corrected chi connectivity index (χ4v) is 1.40. The molecule has 0 rings (SSSR count). The topological polar surface area (TPSA) is 75.7 Å². The second-order valence-electron chi connectivity index (χ2n) is 7.26. The second kappa shape index (κ2) is 6.91. The molecule has 0 aromatic carbocycles. The van der Waals surface area contributed by atoms with Crippen LogP contribution in [0.1, 0.15) is 48.5 Å². The van der Waals surface area contributed by atoms with Crippen molar-refractivity contribution in [2.24, 2.45) is 5.41 Å². The molecule has 0 spiro atoms. The zero-order valence-electron chi connectivity index (χ0n) is 14.3. The van der Waals surface area contributed by atoms with Crippen LogP contribution in [-0.2, 0) is 14.3 Å². The number of nitrogens with one attached hydrogen (secondary N) is 1. The van der Waals surface area contributed by atoms with Crippen LogP contribution in [0.2, 0.25) is 0 Å². The fourth-order valence-electron chi connectivity index (χ4n) is 1.40. The van der Waals surface area contributed by atoms with Crippen molar-refractivity contribution in [1.29, 1.82) is 0 Å². The van der Waals surface area contributed by atoms with E-state index < -0.39 is 29.7 Å². The summed E-state index contributed by atoms with van der Waals surface area (Å²) >= 11 is 0. The van der Waals surface area contributed by atoms with Gasteiger partial charge in [0.2, 0.25) is 5.91 Å². The van der Waals surface area contributed by atoms with E-state index >= 15 is 0 Å². The summed E-state index contributed by atoms with van der Waals surface area (Å²) in [5, 5.41) is 2.65. The van der Waals surface area contributed by atoms with Crippen LogP contribution in [-0.4, -0.2) is 47.9 Å². The van der Waals surface area contributed by atoms with Gasteiger partial charge in [-0.15, -0.1) is 0 Å². The molecule has 0 aromatic rings. The van der Waals surface area contributed by atoms with Gasteiger partial charge in [0.15, 0.2) is 0 Å². The lowest BCUT2D eigenvalue weighted by molar-refractivity contribution is -0.129. The maximum absolute atomic E-state index is 12.2. The highest BCUT2D eigenvalue weighted by Crippen LogP contribution is 2.18. The molecule has 0 saturated heterocycles. The maximum Gasteiger partial charge on any atom is 0.410 e. The molecule has 21 heavy (non-hydrogen) atoms. The number of nitrogens with zero attached hydrogens (tertiary/aromatic N) is 1. The van der Waals surface area contributed by atoms with E-state index in [1.165, 1.54) is 11.9 Å². The highest BCUT2D eigenvalue weighted by molar-refractivity contribution is 5.87. The Hall–Kier alpha value is -1.59. The lowest BCUT2D eigenvalue weighted by Crippen LogP contribution is -2.53. The molecule has 0 aliphatic heterocycles. The van der Waals surface area contributed by atoms with E-state index in [1.807, 2.05) is 20.8 Å². The van der Waals surface area contributed by atoms with Gasteiger partial charge in [-0.25, -0.2) is 4.79 Å². The zero-order valence-corrected chi connectivity index (χ0v) is 14.3. The van der Waals surface area contributed by atoms with Crippen LogP contribution < -0.4 is 5.32 Å². The third kappa shape index (κ3) is 6.60. The van der Waals surface area contributed by atoms with Crippen molar-refractivity contribution >= 4 is 18.3 Å². The summed E-state index contributed by atoms with van der Waals surface area (Å²) in [4.78, 5) is 36.4. The van der Waals surface area contributed by atoms with Crippen LogP contribution in [0.5, 0.6) is 0 Å². The minimum Gasteiger partial charge on any atom is -0.444 e. The monoisotopic (exact) mass is 300 g/mol. The molecule has 2 atom stereocenters. The average Bonchev–Trinajstić information content (AvgIpc) is 2.29. The summed E-state index contributed by atoms with van der Waals surface area (Å²) < 4.78 is 5.21. The molecule has 0 aromatic heterocycles. The summed E-state index contributed by atoms with van der Waals surface area (Å²) in [6.45, 7) is 12.4. The van der Waals surface area contributed by atoms with Gasteiger partial charge >= 0.3 is 6.09 Å². The Morgan fingerprint density at radius 3 is 1.95 bits per heavy atom. The van der Waals surface area contributed by atoms with Gasteiger partial charge in [-0.2, -0.15) is 0 Å². The van der Waals surface area contributed by atoms with Crippen LogP contribution in [0.25, 0.3) is 0 Å². The standard InChI is InChI=1S/C15H28N2O4/c1-10(17(8)13(20)21-15(5,6)7)12(19)16-11(9-18)14(2,3)4/h9-11H,1-8H3,(H,16,19)/t10-,11?/m0/s1. The molecule has 1 unspecified atom stereocenters. The normalized spacial score (nSPS) is 14.9. The van der Waals surface area contributed by atoms with Crippen LogP contribution in [0.4, 0.5) is 4.79 Å². The zero-order chi connectivity index (χ0) is 17.0. The van der Waals surface area contributed by atoms with Crippen molar-refractivity contribution in [3.63, 3.8) is 0 Å². The van der Waals surface area contributed by atoms with Gasteiger partial charge in [0.25, 0.3) is 0 Å². The molecular formula is C15H28N2O4. The first-order valence-electron chi connectivity index (χ1n) is 7.01. The summed E-state index contributed by atoms with van der Waals surface area (Å²) in [6.07, 6.45) is 0.126. The Balaban J connectivity index is 4.77. The number of hydrogen-bond acceptors (Lipinski definition) is 4. The Kier molecular flexibility index (Phi) is 6.39. The number of likely N-dealkylation sites (N-methyl/N-ethyl adjacent to an activating group) is 1. The Bertz CT molecular complexity index is 393. The van der Waals surface area contributed by atoms with Crippen LogP contribution in [0.15, 0.2) is 0 Å². The first kappa shape index (κ1) is 19.4. The lowest BCUT2D eigenvalue weighted by Gasteiger charge is -2.31. The summed E-state index contributed by atoms with van der Waals surface area (Å²) in [6, 6.07) is -1.34. The molecule has 0 saturated carbocycles. The number of carbonyl (C=O) groups excluding carboxylic acids is 3. The molecule has 0 bridgehead atoms. The molecule has 0 heterocycles. The van der Waals surface area contributed by atoms with Gasteiger partial charge in [-0.3, -0.25) is 9.69 Å². The molecular weight excluding hydrogens is 272 g/mol. The van der Waals surface area contributed by atoms with Crippen molar-refractivity contribution < 1.29 is 19.1 Å². The lowest BCUT2D eigenvalue weighted by atomic mass is 9.87. The van der Waals surface area contributed by atoms with Gasteiger partial charge in [0.05, 0.1) is 6.04 Å². The van der Waals surface area contributed by atoms with Gasteiger partial charge in [0, 0.05) is 7.05 Å². The molecule has 0 fully saturated rings. The van der Waals surface area contributed by atoms with E-state index in [9.17, 15) is 14.4 Å². The first-order chi connectivity index (χ1) is 9.29. The number of amides is 2. The number of rotatable bonds is 4. The van der Waals surface area contributed by atoms with E-state index in [2.05, 4.69) is 5.32 Å². The van der Waals surface area contributed by atoms with E-state index in [0.29, 0.717) is 6.29 Å². The molecule has 0 aliphatic rings. The third-order valence-corrected chi connectivity index (χ3v) is 3.01. The Labute approximate surface area is 127 Å². The molecule has 1 N–H and O–H groups in total. The largest absolute Gasteiger partial charge is 0.444 e. The number of hydrogen-bond donors (Lipinski definition) is 1. The highest BCUT2D eigenvalue weighted by Gasteiger charge is 2.31. The van der Waals surface area contributed by atoms with E-state index in [1.54, 1.807) is 27.7 Å². The Morgan fingerprint density at radius 2 is 1.62 bits per heavy atom.